The first-order valence-electron chi connectivity index (χ1n) is 9.59. The van der Waals surface area contributed by atoms with E-state index >= 15 is 0 Å². The summed E-state index contributed by atoms with van der Waals surface area (Å²) in [6, 6.07) is 16.1. The third kappa shape index (κ3) is 3.68. The number of rotatable bonds is 6. The van der Waals surface area contributed by atoms with Gasteiger partial charge in [-0.3, -0.25) is 14.4 Å². The zero-order chi connectivity index (χ0) is 19.7. The van der Waals surface area contributed by atoms with Gasteiger partial charge in [0.15, 0.2) is 18.2 Å². The van der Waals surface area contributed by atoms with Crippen molar-refractivity contribution in [1.29, 1.82) is 0 Å². The van der Waals surface area contributed by atoms with Crippen molar-refractivity contribution in [3.8, 4) is 0 Å². The van der Waals surface area contributed by atoms with Crippen LogP contribution in [0.4, 0.5) is 0 Å². The first-order chi connectivity index (χ1) is 13.5. The standard InChI is InChI=1S/C23H21BrO4/c24-18-10-8-14(9-11-18)19(25)13-28-23(27)21-17-7-6-16(12-17)20(21)22(26)15-4-2-1-3-5-15/h1-5,8-11,16-17,20-21H,6-7,12-13H2/t16-,17+,20-,21+/m1/s1. The molecule has 0 saturated heterocycles. The predicted molar refractivity (Wildman–Crippen MR) is 108 cm³/mol. The molecule has 0 heterocycles. The smallest absolute Gasteiger partial charge is 0.310 e. The van der Waals surface area contributed by atoms with E-state index in [-0.39, 0.29) is 35.9 Å². The zero-order valence-electron chi connectivity index (χ0n) is 15.3. The Hall–Kier alpha value is -2.27. The molecule has 5 heteroatoms. The largest absolute Gasteiger partial charge is 0.457 e. The Morgan fingerprint density at radius 2 is 1.50 bits per heavy atom. The van der Waals surface area contributed by atoms with Crippen molar-refractivity contribution in [3.63, 3.8) is 0 Å². The first kappa shape index (κ1) is 19.1. The summed E-state index contributed by atoms with van der Waals surface area (Å²) in [4.78, 5) is 38.2. The Morgan fingerprint density at radius 1 is 0.857 bits per heavy atom. The molecule has 0 N–H and O–H groups in total. The molecule has 2 aromatic rings. The third-order valence-corrected chi connectivity index (χ3v) is 6.59. The number of halogens is 1. The lowest BCUT2D eigenvalue weighted by molar-refractivity contribution is -0.150. The van der Waals surface area contributed by atoms with Crippen molar-refractivity contribution in [2.45, 2.75) is 19.3 Å². The van der Waals surface area contributed by atoms with Gasteiger partial charge in [0.1, 0.15) is 0 Å². The molecule has 4 nitrogen and oxygen atoms in total. The summed E-state index contributed by atoms with van der Waals surface area (Å²) >= 11 is 3.33. The van der Waals surface area contributed by atoms with Crippen LogP contribution < -0.4 is 0 Å². The monoisotopic (exact) mass is 440 g/mol. The molecule has 144 valence electrons. The number of benzene rings is 2. The van der Waals surface area contributed by atoms with Crippen LogP contribution in [0.2, 0.25) is 0 Å². The molecular formula is C23H21BrO4. The van der Waals surface area contributed by atoms with Gasteiger partial charge in [0.05, 0.1) is 5.92 Å². The van der Waals surface area contributed by atoms with Crippen LogP contribution in [-0.2, 0) is 9.53 Å². The van der Waals surface area contributed by atoms with Crippen LogP contribution in [-0.4, -0.2) is 24.1 Å². The topological polar surface area (TPSA) is 60.4 Å². The van der Waals surface area contributed by atoms with Crippen molar-refractivity contribution < 1.29 is 19.1 Å². The van der Waals surface area contributed by atoms with E-state index in [2.05, 4.69) is 15.9 Å². The molecule has 2 saturated carbocycles. The molecule has 0 amide bonds. The fourth-order valence-electron chi connectivity index (χ4n) is 4.75. The van der Waals surface area contributed by atoms with E-state index < -0.39 is 11.9 Å². The molecule has 2 aliphatic carbocycles. The summed E-state index contributed by atoms with van der Waals surface area (Å²) in [6.07, 6.45) is 2.82. The van der Waals surface area contributed by atoms with Crippen LogP contribution >= 0.6 is 15.9 Å². The summed E-state index contributed by atoms with van der Waals surface area (Å²) < 4.78 is 6.27. The molecular weight excluding hydrogens is 420 g/mol. The summed E-state index contributed by atoms with van der Waals surface area (Å²) in [7, 11) is 0. The average Bonchev–Trinajstić information content (AvgIpc) is 3.34. The maximum atomic E-state index is 13.1. The molecule has 2 aromatic carbocycles. The second kappa shape index (κ2) is 8.00. The van der Waals surface area contributed by atoms with Crippen molar-refractivity contribution in [2.24, 2.45) is 23.7 Å². The highest BCUT2D eigenvalue weighted by Crippen LogP contribution is 2.53. The van der Waals surface area contributed by atoms with Crippen LogP contribution in [0.15, 0.2) is 59.1 Å². The highest BCUT2D eigenvalue weighted by Gasteiger charge is 2.54. The fraction of sp³-hybridized carbons (Fsp3) is 0.348. The van der Waals surface area contributed by atoms with E-state index in [0.717, 1.165) is 23.7 Å². The summed E-state index contributed by atoms with van der Waals surface area (Å²) in [5.41, 5.74) is 1.14. The number of Topliss-reactive ketones (excluding diaryl/α,β-unsaturated/α-hetero) is 2. The maximum absolute atomic E-state index is 13.1. The lowest BCUT2D eigenvalue weighted by atomic mass is 9.75. The van der Waals surface area contributed by atoms with Gasteiger partial charge in [-0.25, -0.2) is 0 Å². The second-order valence-electron chi connectivity index (χ2n) is 7.65. The van der Waals surface area contributed by atoms with Gasteiger partial charge in [-0.15, -0.1) is 0 Å². The van der Waals surface area contributed by atoms with Gasteiger partial charge in [0, 0.05) is 21.5 Å². The second-order valence-corrected chi connectivity index (χ2v) is 8.57. The highest BCUT2D eigenvalue weighted by atomic mass is 79.9. The molecule has 28 heavy (non-hydrogen) atoms. The number of ether oxygens (including phenoxy) is 1. The van der Waals surface area contributed by atoms with Gasteiger partial charge in [-0.2, -0.15) is 0 Å². The molecule has 0 unspecified atom stereocenters. The minimum absolute atomic E-state index is 0.0222. The normalized spacial score (nSPS) is 25.5. The van der Waals surface area contributed by atoms with E-state index in [1.165, 1.54) is 0 Å². The van der Waals surface area contributed by atoms with Gasteiger partial charge in [-0.1, -0.05) is 58.4 Å². The third-order valence-electron chi connectivity index (χ3n) is 6.06. The van der Waals surface area contributed by atoms with Crippen molar-refractivity contribution in [1.82, 2.24) is 0 Å². The van der Waals surface area contributed by atoms with Crippen LogP contribution in [0.3, 0.4) is 0 Å². The zero-order valence-corrected chi connectivity index (χ0v) is 16.9. The van der Waals surface area contributed by atoms with Gasteiger partial charge in [0.2, 0.25) is 0 Å². The minimum atomic E-state index is -0.441. The lowest BCUT2D eigenvalue weighted by Crippen LogP contribution is -2.36. The van der Waals surface area contributed by atoms with Gasteiger partial charge in [0.25, 0.3) is 0 Å². The van der Waals surface area contributed by atoms with E-state index in [1.54, 1.807) is 36.4 Å². The van der Waals surface area contributed by atoms with Crippen LogP contribution in [0.25, 0.3) is 0 Å². The molecule has 2 aliphatic rings. The summed E-state index contributed by atoms with van der Waals surface area (Å²) in [5.74, 6) is -0.994. The molecule has 2 bridgehead atoms. The number of hydrogen-bond acceptors (Lipinski definition) is 4. The van der Waals surface area contributed by atoms with Crippen LogP contribution in [0.5, 0.6) is 0 Å². The quantitative estimate of drug-likeness (QED) is 0.481. The van der Waals surface area contributed by atoms with Crippen molar-refractivity contribution >= 4 is 33.5 Å². The van der Waals surface area contributed by atoms with Crippen LogP contribution in [0.1, 0.15) is 40.0 Å². The number of fused-ring (bicyclic) bond motifs is 2. The number of hydrogen-bond donors (Lipinski definition) is 0. The van der Waals surface area contributed by atoms with Gasteiger partial charge < -0.3 is 4.74 Å². The maximum Gasteiger partial charge on any atom is 0.310 e. The molecule has 0 radical (unpaired) electrons. The predicted octanol–water partition coefficient (Wildman–Crippen LogP) is 4.72. The SMILES string of the molecule is O=C(COC(=O)[C@H]1[C@H]2CC[C@H](C2)[C@H]1C(=O)c1ccccc1)c1ccc(Br)cc1. The minimum Gasteiger partial charge on any atom is -0.457 e. The molecule has 2 fully saturated rings. The van der Waals surface area contributed by atoms with Gasteiger partial charge >= 0.3 is 5.97 Å². The molecule has 4 rings (SSSR count). The Labute approximate surface area is 172 Å². The van der Waals surface area contributed by atoms with Crippen molar-refractivity contribution in [3.05, 3.63) is 70.2 Å². The Balaban J connectivity index is 1.45. The molecule has 0 aliphatic heterocycles. The average molecular weight is 441 g/mol. The molecule has 4 atom stereocenters. The summed E-state index contributed by atoms with van der Waals surface area (Å²) in [5, 5.41) is 0. The van der Waals surface area contributed by atoms with E-state index in [4.69, 9.17) is 4.74 Å². The highest BCUT2D eigenvalue weighted by molar-refractivity contribution is 9.10. The Bertz CT molecular complexity index is 891. The molecule has 0 spiro atoms. The van der Waals surface area contributed by atoms with E-state index in [1.807, 2.05) is 18.2 Å². The van der Waals surface area contributed by atoms with Crippen LogP contribution in [0, 0.1) is 23.7 Å². The lowest BCUT2D eigenvalue weighted by Gasteiger charge is -2.28. The van der Waals surface area contributed by atoms with E-state index in [0.29, 0.717) is 11.1 Å². The number of carbonyl (C=O) groups excluding carboxylic acids is 3. The fourth-order valence-corrected chi connectivity index (χ4v) is 5.02. The summed E-state index contributed by atoms with van der Waals surface area (Å²) in [6.45, 7) is -0.291. The Kier molecular flexibility index (Phi) is 5.44. The number of carbonyl (C=O) groups is 3. The van der Waals surface area contributed by atoms with E-state index in [9.17, 15) is 14.4 Å². The molecule has 0 aromatic heterocycles. The van der Waals surface area contributed by atoms with Crippen molar-refractivity contribution in [2.75, 3.05) is 6.61 Å². The number of ketones is 2. The Morgan fingerprint density at radius 3 is 2.18 bits per heavy atom. The number of esters is 1. The first-order valence-corrected chi connectivity index (χ1v) is 10.4. The van der Waals surface area contributed by atoms with Gasteiger partial charge in [-0.05, 0) is 43.2 Å².